The minimum Gasteiger partial charge on any atom is -0.459 e. The van der Waals surface area contributed by atoms with Crippen LogP contribution >= 0.6 is 0 Å². The van der Waals surface area contributed by atoms with Crippen LogP contribution in [0.3, 0.4) is 0 Å². The second kappa shape index (κ2) is 10.3. The van der Waals surface area contributed by atoms with Gasteiger partial charge in [-0.2, -0.15) is 5.10 Å². The van der Waals surface area contributed by atoms with Crippen molar-refractivity contribution in [1.29, 1.82) is 0 Å². The zero-order chi connectivity index (χ0) is 22.1. The van der Waals surface area contributed by atoms with Gasteiger partial charge in [0.1, 0.15) is 11.5 Å². The summed E-state index contributed by atoms with van der Waals surface area (Å²) in [5.74, 6) is -1.16. The number of carbonyl (C=O) groups is 2. The van der Waals surface area contributed by atoms with E-state index < -0.39 is 21.8 Å². The molecular formula is C20H19N5O5S. The van der Waals surface area contributed by atoms with Crippen molar-refractivity contribution in [2.75, 3.05) is 0 Å². The van der Waals surface area contributed by atoms with Gasteiger partial charge in [-0.3, -0.25) is 14.6 Å². The van der Waals surface area contributed by atoms with Crippen molar-refractivity contribution in [2.45, 2.75) is 18.0 Å². The third-order valence-electron chi connectivity index (χ3n) is 3.94. The number of nitrogens with one attached hydrogen (secondary N) is 3. The summed E-state index contributed by atoms with van der Waals surface area (Å²) in [4.78, 5) is 27.5. The molecule has 2 heterocycles. The van der Waals surface area contributed by atoms with E-state index >= 15 is 0 Å². The molecule has 0 spiro atoms. The molecule has 0 atom stereocenters. The highest BCUT2D eigenvalue weighted by atomic mass is 32.2. The molecule has 2 amide bonds. The maximum Gasteiger partial charge on any atom is 0.329 e. The summed E-state index contributed by atoms with van der Waals surface area (Å²) in [5.41, 5.74) is 2.89. The van der Waals surface area contributed by atoms with E-state index in [1.807, 2.05) is 0 Å². The summed E-state index contributed by atoms with van der Waals surface area (Å²) in [7, 11) is -3.66. The molecule has 31 heavy (non-hydrogen) atoms. The number of benzene rings is 1. The fourth-order valence-corrected chi connectivity index (χ4v) is 3.39. The highest BCUT2D eigenvalue weighted by Crippen LogP contribution is 2.10. The Morgan fingerprint density at radius 2 is 1.71 bits per heavy atom. The van der Waals surface area contributed by atoms with Crippen molar-refractivity contribution < 1.29 is 22.4 Å². The zero-order valence-corrected chi connectivity index (χ0v) is 17.0. The van der Waals surface area contributed by atoms with E-state index in [4.69, 9.17) is 4.42 Å². The van der Waals surface area contributed by atoms with Crippen LogP contribution in [0.2, 0.25) is 0 Å². The average molecular weight is 441 g/mol. The number of sulfonamides is 1. The highest BCUT2D eigenvalue weighted by Gasteiger charge is 2.14. The van der Waals surface area contributed by atoms with Crippen LogP contribution in [-0.2, 0) is 32.7 Å². The number of amides is 2. The predicted molar refractivity (Wildman–Crippen MR) is 111 cm³/mol. The molecular weight excluding hydrogens is 422 g/mol. The fraction of sp³-hybridized carbons (Fsp3) is 0.100. The summed E-state index contributed by atoms with van der Waals surface area (Å²) in [6.07, 6.45) is 4.36. The normalized spacial score (nSPS) is 11.4. The Morgan fingerprint density at radius 3 is 2.45 bits per heavy atom. The van der Waals surface area contributed by atoms with Crippen LogP contribution in [0.25, 0.3) is 0 Å². The first-order valence-electron chi connectivity index (χ1n) is 9.07. The molecule has 3 N–H and O–H groups in total. The Labute approximate surface area is 178 Å². The molecule has 0 fully saturated rings. The first-order valence-corrected chi connectivity index (χ1v) is 10.6. The molecule has 0 unspecified atom stereocenters. The third-order valence-corrected chi connectivity index (χ3v) is 5.36. The first kappa shape index (κ1) is 21.9. The Morgan fingerprint density at radius 1 is 0.968 bits per heavy atom. The fourth-order valence-electron chi connectivity index (χ4n) is 2.38. The van der Waals surface area contributed by atoms with E-state index in [1.54, 1.807) is 54.9 Å². The van der Waals surface area contributed by atoms with E-state index in [1.165, 1.54) is 18.3 Å². The lowest BCUT2D eigenvalue weighted by atomic mass is 10.3. The van der Waals surface area contributed by atoms with Gasteiger partial charge in [0.25, 0.3) is 0 Å². The van der Waals surface area contributed by atoms with Crippen LogP contribution in [0.15, 0.2) is 81.4 Å². The smallest absolute Gasteiger partial charge is 0.329 e. The second-order valence-electron chi connectivity index (χ2n) is 6.18. The molecule has 0 aliphatic carbocycles. The molecule has 11 heteroatoms. The molecule has 0 aliphatic heterocycles. The number of pyridine rings is 1. The lowest BCUT2D eigenvalue weighted by molar-refractivity contribution is -0.139. The van der Waals surface area contributed by atoms with Gasteiger partial charge in [-0.05, 0) is 42.0 Å². The lowest BCUT2D eigenvalue weighted by Gasteiger charge is -2.04. The van der Waals surface area contributed by atoms with Gasteiger partial charge >= 0.3 is 11.8 Å². The van der Waals surface area contributed by atoms with Gasteiger partial charge in [0.05, 0.1) is 17.7 Å². The molecule has 0 bridgehead atoms. The van der Waals surface area contributed by atoms with E-state index in [0.29, 0.717) is 5.76 Å². The van der Waals surface area contributed by atoms with Gasteiger partial charge in [-0.1, -0.05) is 18.2 Å². The third kappa shape index (κ3) is 6.59. The van der Waals surface area contributed by atoms with Crippen molar-refractivity contribution in [2.24, 2.45) is 5.10 Å². The van der Waals surface area contributed by atoms with Crippen LogP contribution < -0.4 is 15.5 Å². The molecule has 0 saturated carbocycles. The molecule has 0 aliphatic rings. The molecule has 3 aromatic rings. The minimum absolute atomic E-state index is 0.0607. The van der Waals surface area contributed by atoms with Crippen LogP contribution in [0.1, 0.15) is 17.1 Å². The van der Waals surface area contributed by atoms with Gasteiger partial charge in [0.15, 0.2) is 0 Å². The number of hydrazone groups is 1. The largest absolute Gasteiger partial charge is 0.459 e. The maximum atomic E-state index is 12.2. The van der Waals surface area contributed by atoms with Gasteiger partial charge in [0.2, 0.25) is 10.0 Å². The van der Waals surface area contributed by atoms with Crippen LogP contribution in [-0.4, -0.2) is 31.4 Å². The van der Waals surface area contributed by atoms with Gasteiger partial charge in [0, 0.05) is 18.9 Å². The summed E-state index contributed by atoms with van der Waals surface area (Å²) < 4.78 is 32.3. The molecule has 0 saturated heterocycles. The Bertz CT molecular complexity index is 1160. The number of carbonyl (C=O) groups excluding carboxylic acids is 2. The Hall–Kier alpha value is -3.83. The molecule has 10 nitrogen and oxygen atoms in total. The van der Waals surface area contributed by atoms with Crippen LogP contribution in [0.4, 0.5) is 0 Å². The minimum atomic E-state index is -3.66. The summed E-state index contributed by atoms with van der Waals surface area (Å²) in [5, 5.41) is 6.11. The number of hydrogen-bond acceptors (Lipinski definition) is 7. The van der Waals surface area contributed by atoms with Crippen molar-refractivity contribution in [3.05, 3.63) is 84.1 Å². The quantitative estimate of drug-likeness (QED) is 0.269. The monoisotopic (exact) mass is 441 g/mol. The average Bonchev–Trinajstić information content (AvgIpc) is 3.25. The number of rotatable bonds is 8. The molecule has 0 radical (unpaired) electrons. The number of hydrogen-bond donors (Lipinski definition) is 3. The molecule has 3 rings (SSSR count). The number of furan rings is 1. The van der Waals surface area contributed by atoms with Gasteiger partial charge < -0.3 is 9.73 Å². The van der Waals surface area contributed by atoms with Crippen molar-refractivity contribution in [1.82, 2.24) is 20.4 Å². The maximum absolute atomic E-state index is 12.2. The number of aromatic nitrogens is 1. The number of nitrogens with zero attached hydrogens (tertiary/aromatic N) is 2. The molecule has 1 aromatic carbocycles. The van der Waals surface area contributed by atoms with E-state index in [0.717, 1.165) is 5.56 Å². The van der Waals surface area contributed by atoms with Gasteiger partial charge in [-0.25, -0.2) is 18.6 Å². The Kier molecular flexibility index (Phi) is 7.25. The van der Waals surface area contributed by atoms with Crippen LogP contribution in [0, 0.1) is 0 Å². The van der Waals surface area contributed by atoms with Crippen LogP contribution in [0.5, 0.6) is 0 Å². The van der Waals surface area contributed by atoms with Crippen molar-refractivity contribution in [3.63, 3.8) is 0 Å². The topological polar surface area (TPSA) is 143 Å². The molecule has 160 valence electrons. The first-order chi connectivity index (χ1) is 14.9. The standard InChI is InChI=1S/C20H19N5O5S/c26-19(22-12-15-8-10-21-11-9-15)20(27)25-23-13-16-6-7-17(30-16)14-24-31(28,29)18-4-2-1-3-5-18/h1-11,13,24H,12,14H2,(H,22,26)(H,25,27)/b23-13+. The van der Waals surface area contributed by atoms with E-state index in [9.17, 15) is 18.0 Å². The van der Waals surface area contributed by atoms with Crippen molar-refractivity contribution in [3.8, 4) is 0 Å². The molecule has 2 aromatic heterocycles. The SMILES string of the molecule is O=C(NCc1ccncc1)C(=O)N/N=C/c1ccc(CNS(=O)(=O)c2ccccc2)o1. The Balaban J connectivity index is 1.45. The summed E-state index contributed by atoms with van der Waals surface area (Å²) >= 11 is 0. The summed E-state index contributed by atoms with van der Waals surface area (Å²) in [6.45, 7) is 0.119. The highest BCUT2D eigenvalue weighted by molar-refractivity contribution is 7.89. The van der Waals surface area contributed by atoms with E-state index in [2.05, 4.69) is 25.6 Å². The van der Waals surface area contributed by atoms with Gasteiger partial charge in [-0.15, -0.1) is 0 Å². The second-order valence-corrected chi connectivity index (χ2v) is 7.95. The predicted octanol–water partition coefficient (Wildman–Crippen LogP) is 0.920. The lowest BCUT2D eigenvalue weighted by Crippen LogP contribution is -2.37. The van der Waals surface area contributed by atoms with E-state index in [-0.39, 0.29) is 23.7 Å². The zero-order valence-electron chi connectivity index (χ0n) is 16.2. The van der Waals surface area contributed by atoms with Crippen molar-refractivity contribution >= 4 is 28.1 Å². The summed E-state index contributed by atoms with van der Waals surface area (Å²) in [6, 6.07) is 14.5.